The van der Waals surface area contributed by atoms with Gasteiger partial charge in [-0.25, -0.2) is 0 Å². The van der Waals surface area contributed by atoms with Gasteiger partial charge < -0.3 is 19.5 Å². The highest BCUT2D eigenvalue weighted by Crippen LogP contribution is 2.18. The van der Waals surface area contributed by atoms with Crippen LogP contribution in [0.15, 0.2) is 0 Å². The predicted molar refractivity (Wildman–Crippen MR) is 85.8 cm³/mol. The third-order valence-corrected chi connectivity index (χ3v) is 4.24. The molecule has 1 fully saturated rings. The monoisotopic (exact) mass is 302 g/mol. The maximum absolute atomic E-state index is 5.58. The van der Waals surface area contributed by atoms with Crippen LogP contribution in [0, 0.1) is 5.92 Å². The Morgan fingerprint density at radius 2 is 2.14 bits per heavy atom. The molecular weight excluding hydrogens is 268 g/mol. The first-order valence-electron chi connectivity index (χ1n) is 8.25. The fourth-order valence-corrected chi connectivity index (χ4v) is 2.88. The van der Waals surface area contributed by atoms with Gasteiger partial charge in [0.2, 0.25) is 0 Å². The number of ether oxygens (including phenoxy) is 3. The van der Waals surface area contributed by atoms with Gasteiger partial charge in [0, 0.05) is 51.9 Å². The number of hydrogen-bond acceptors (Lipinski definition) is 5. The second-order valence-electron chi connectivity index (χ2n) is 5.98. The number of methoxy groups -OCH3 is 2. The molecule has 3 atom stereocenters. The van der Waals surface area contributed by atoms with Crippen molar-refractivity contribution in [3.8, 4) is 0 Å². The van der Waals surface area contributed by atoms with Gasteiger partial charge in [-0.1, -0.05) is 6.92 Å². The Balaban J connectivity index is 2.59. The molecular formula is C16H34N2O3. The van der Waals surface area contributed by atoms with Crippen LogP contribution in [0.25, 0.3) is 0 Å². The van der Waals surface area contributed by atoms with Gasteiger partial charge in [-0.3, -0.25) is 4.90 Å². The SMILES string of the molecule is CCCNC(CN(CCOC)C(C)COC)C1CCOC1. The Bertz CT molecular complexity index is 248. The fraction of sp³-hybridized carbons (Fsp3) is 1.00. The van der Waals surface area contributed by atoms with E-state index in [2.05, 4.69) is 24.1 Å². The minimum atomic E-state index is 0.401. The summed E-state index contributed by atoms with van der Waals surface area (Å²) in [5, 5.41) is 3.71. The molecule has 0 aromatic rings. The smallest absolute Gasteiger partial charge is 0.0615 e. The lowest BCUT2D eigenvalue weighted by atomic mass is 9.97. The van der Waals surface area contributed by atoms with Gasteiger partial charge >= 0.3 is 0 Å². The summed E-state index contributed by atoms with van der Waals surface area (Å²) < 4.78 is 16.2. The van der Waals surface area contributed by atoms with Crippen molar-refractivity contribution in [2.24, 2.45) is 5.92 Å². The molecule has 0 aromatic heterocycles. The van der Waals surface area contributed by atoms with Crippen molar-refractivity contribution < 1.29 is 14.2 Å². The first-order chi connectivity index (χ1) is 10.2. The highest BCUT2D eigenvalue weighted by atomic mass is 16.5. The van der Waals surface area contributed by atoms with Crippen LogP contribution in [0.1, 0.15) is 26.7 Å². The largest absolute Gasteiger partial charge is 0.383 e. The second kappa shape index (κ2) is 11.4. The normalized spacial score (nSPS) is 21.9. The average molecular weight is 302 g/mol. The van der Waals surface area contributed by atoms with E-state index in [0.29, 0.717) is 18.0 Å². The first-order valence-corrected chi connectivity index (χ1v) is 8.25. The summed E-state index contributed by atoms with van der Waals surface area (Å²) in [5.74, 6) is 0.622. The Morgan fingerprint density at radius 3 is 2.71 bits per heavy atom. The van der Waals surface area contributed by atoms with E-state index in [1.165, 1.54) is 0 Å². The van der Waals surface area contributed by atoms with Crippen LogP contribution in [0.5, 0.6) is 0 Å². The lowest BCUT2D eigenvalue weighted by Gasteiger charge is -2.34. The topological polar surface area (TPSA) is 43.0 Å². The molecule has 1 aliphatic rings. The maximum Gasteiger partial charge on any atom is 0.0615 e. The van der Waals surface area contributed by atoms with Gasteiger partial charge in [0.1, 0.15) is 0 Å². The van der Waals surface area contributed by atoms with Crippen LogP contribution in [0.3, 0.4) is 0 Å². The van der Waals surface area contributed by atoms with Gasteiger partial charge in [-0.15, -0.1) is 0 Å². The number of hydrogen-bond donors (Lipinski definition) is 1. The van der Waals surface area contributed by atoms with Crippen molar-refractivity contribution in [2.75, 3.05) is 60.3 Å². The van der Waals surface area contributed by atoms with E-state index in [0.717, 1.165) is 58.9 Å². The van der Waals surface area contributed by atoms with Crippen molar-refractivity contribution in [2.45, 2.75) is 38.8 Å². The van der Waals surface area contributed by atoms with E-state index in [1.54, 1.807) is 14.2 Å². The van der Waals surface area contributed by atoms with Crippen molar-refractivity contribution in [1.29, 1.82) is 0 Å². The molecule has 21 heavy (non-hydrogen) atoms. The molecule has 0 aromatic carbocycles. The lowest BCUT2D eigenvalue weighted by molar-refractivity contribution is 0.0619. The van der Waals surface area contributed by atoms with Crippen LogP contribution in [0.4, 0.5) is 0 Å². The minimum Gasteiger partial charge on any atom is -0.383 e. The van der Waals surface area contributed by atoms with Crippen LogP contribution in [-0.4, -0.2) is 77.3 Å². The quantitative estimate of drug-likeness (QED) is 0.590. The molecule has 0 bridgehead atoms. The van der Waals surface area contributed by atoms with Crippen molar-refractivity contribution in [1.82, 2.24) is 10.2 Å². The van der Waals surface area contributed by atoms with E-state index in [-0.39, 0.29) is 0 Å². The van der Waals surface area contributed by atoms with E-state index >= 15 is 0 Å². The molecule has 1 aliphatic heterocycles. The van der Waals surface area contributed by atoms with Gasteiger partial charge in [0.25, 0.3) is 0 Å². The maximum atomic E-state index is 5.58. The third-order valence-electron chi connectivity index (χ3n) is 4.24. The summed E-state index contributed by atoms with van der Waals surface area (Å²) in [7, 11) is 3.53. The molecule has 0 aliphatic carbocycles. The molecule has 1 saturated heterocycles. The van der Waals surface area contributed by atoms with Gasteiger partial charge in [-0.2, -0.15) is 0 Å². The first kappa shape index (κ1) is 18.8. The summed E-state index contributed by atoms with van der Waals surface area (Å²) in [6.45, 7) is 10.8. The standard InChI is InChI=1S/C16H34N2O3/c1-5-7-17-16(15-6-9-21-13-15)11-18(8-10-19-3)14(2)12-20-4/h14-17H,5-13H2,1-4H3. The van der Waals surface area contributed by atoms with Crippen LogP contribution < -0.4 is 5.32 Å². The summed E-state index contributed by atoms with van der Waals surface area (Å²) in [4.78, 5) is 2.47. The molecule has 0 saturated carbocycles. The average Bonchev–Trinajstić information content (AvgIpc) is 3.01. The van der Waals surface area contributed by atoms with E-state index in [1.807, 2.05) is 0 Å². The van der Waals surface area contributed by atoms with Crippen molar-refractivity contribution in [3.05, 3.63) is 0 Å². The van der Waals surface area contributed by atoms with Gasteiger partial charge in [0.15, 0.2) is 0 Å². The molecule has 126 valence electrons. The molecule has 0 spiro atoms. The van der Waals surface area contributed by atoms with Crippen molar-refractivity contribution >= 4 is 0 Å². The zero-order valence-electron chi connectivity index (χ0n) is 14.3. The Kier molecular flexibility index (Phi) is 10.2. The molecule has 1 heterocycles. The Hall–Kier alpha value is -0.200. The molecule has 1 rings (SSSR count). The van der Waals surface area contributed by atoms with Crippen molar-refractivity contribution in [3.63, 3.8) is 0 Å². The Labute approximate surface area is 130 Å². The van der Waals surface area contributed by atoms with Crippen LogP contribution in [-0.2, 0) is 14.2 Å². The van der Waals surface area contributed by atoms with Gasteiger partial charge in [0.05, 0.1) is 19.8 Å². The molecule has 5 nitrogen and oxygen atoms in total. The Morgan fingerprint density at radius 1 is 1.33 bits per heavy atom. The highest BCUT2D eigenvalue weighted by Gasteiger charge is 2.28. The number of nitrogens with one attached hydrogen (secondary N) is 1. The molecule has 3 unspecified atom stereocenters. The van der Waals surface area contributed by atoms with E-state index in [9.17, 15) is 0 Å². The summed E-state index contributed by atoms with van der Waals surface area (Å²) in [6.07, 6.45) is 2.33. The summed E-state index contributed by atoms with van der Waals surface area (Å²) in [6, 6.07) is 0.891. The molecule has 1 N–H and O–H groups in total. The molecule has 5 heteroatoms. The van der Waals surface area contributed by atoms with E-state index in [4.69, 9.17) is 14.2 Å². The number of nitrogens with zero attached hydrogens (tertiary/aromatic N) is 1. The zero-order chi connectivity index (χ0) is 15.5. The minimum absolute atomic E-state index is 0.401. The van der Waals surface area contributed by atoms with Crippen LogP contribution in [0.2, 0.25) is 0 Å². The second-order valence-corrected chi connectivity index (χ2v) is 5.98. The zero-order valence-corrected chi connectivity index (χ0v) is 14.3. The molecule has 0 amide bonds. The summed E-state index contributed by atoms with van der Waals surface area (Å²) >= 11 is 0. The fourth-order valence-electron chi connectivity index (χ4n) is 2.88. The van der Waals surface area contributed by atoms with Crippen LogP contribution >= 0.6 is 0 Å². The molecule has 0 radical (unpaired) electrons. The van der Waals surface area contributed by atoms with E-state index < -0.39 is 0 Å². The third kappa shape index (κ3) is 7.06. The summed E-state index contributed by atoms with van der Waals surface area (Å²) in [5.41, 5.74) is 0. The highest BCUT2D eigenvalue weighted by molar-refractivity contribution is 4.84. The predicted octanol–water partition coefficient (Wildman–Crippen LogP) is 1.37. The number of rotatable bonds is 12. The van der Waals surface area contributed by atoms with Gasteiger partial charge in [-0.05, 0) is 26.3 Å². The lowest BCUT2D eigenvalue weighted by Crippen LogP contribution is -2.50.